The van der Waals surface area contributed by atoms with Crippen molar-refractivity contribution in [3.8, 4) is 6.07 Å². The lowest BCUT2D eigenvalue weighted by Crippen LogP contribution is -2.02. The second-order valence-electron chi connectivity index (χ2n) is 2.69. The number of nitrogens with zero attached hydrogens (tertiary/aromatic N) is 2. The van der Waals surface area contributed by atoms with Gasteiger partial charge >= 0.3 is 0 Å². The summed E-state index contributed by atoms with van der Waals surface area (Å²) in [7, 11) is -3.28. The van der Waals surface area contributed by atoms with E-state index in [1.807, 2.05) is 6.07 Å². The van der Waals surface area contributed by atoms with Crippen LogP contribution in [-0.4, -0.2) is 19.7 Å². The van der Waals surface area contributed by atoms with Gasteiger partial charge in [-0.15, -0.1) is 0 Å². The predicted octanol–water partition coefficient (Wildman–Crippen LogP) is 0.665. The largest absolute Gasteiger partial charge is 0.262 e. The van der Waals surface area contributed by atoms with E-state index in [9.17, 15) is 8.42 Å². The Morgan fingerprint density at radius 1 is 1.46 bits per heavy atom. The Morgan fingerprint density at radius 3 is 2.54 bits per heavy atom. The van der Waals surface area contributed by atoms with Crippen LogP contribution in [-0.2, 0) is 9.84 Å². The monoisotopic (exact) mass is 196 g/mol. The van der Waals surface area contributed by atoms with Gasteiger partial charge in [-0.25, -0.2) is 8.42 Å². The van der Waals surface area contributed by atoms with E-state index >= 15 is 0 Å². The van der Waals surface area contributed by atoms with Crippen LogP contribution in [0.5, 0.6) is 0 Å². The van der Waals surface area contributed by atoms with Crippen molar-refractivity contribution in [3.63, 3.8) is 0 Å². The number of aromatic nitrogens is 1. The molecule has 0 aromatic carbocycles. The SMILES string of the molecule is Cc1c(C#N)cncc1S(C)(=O)=O. The second kappa shape index (κ2) is 3.15. The molecule has 0 unspecified atom stereocenters. The number of rotatable bonds is 1. The smallest absolute Gasteiger partial charge is 0.177 e. The van der Waals surface area contributed by atoms with Gasteiger partial charge in [0, 0.05) is 18.6 Å². The molecule has 0 spiro atoms. The van der Waals surface area contributed by atoms with Crippen molar-refractivity contribution in [1.29, 1.82) is 5.26 Å². The highest BCUT2D eigenvalue weighted by Crippen LogP contribution is 2.15. The van der Waals surface area contributed by atoms with Gasteiger partial charge in [0.05, 0.1) is 10.5 Å². The van der Waals surface area contributed by atoms with E-state index in [2.05, 4.69) is 4.98 Å². The van der Waals surface area contributed by atoms with Gasteiger partial charge in [-0.3, -0.25) is 4.98 Å². The van der Waals surface area contributed by atoms with Crippen LogP contribution in [0.15, 0.2) is 17.3 Å². The van der Waals surface area contributed by atoms with Gasteiger partial charge in [-0.1, -0.05) is 0 Å². The molecular weight excluding hydrogens is 188 g/mol. The summed E-state index contributed by atoms with van der Waals surface area (Å²) in [6, 6.07) is 1.88. The predicted molar refractivity (Wildman–Crippen MR) is 46.8 cm³/mol. The van der Waals surface area contributed by atoms with Crippen molar-refractivity contribution in [2.75, 3.05) is 6.26 Å². The number of pyridine rings is 1. The molecule has 0 aliphatic carbocycles. The third kappa shape index (κ3) is 1.84. The summed E-state index contributed by atoms with van der Waals surface area (Å²) >= 11 is 0. The zero-order valence-electron chi connectivity index (χ0n) is 7.27. The van der Waals surface area contributed by atoms with Crippen LogP contribution >= 0.6 is 0 Å². The third-order valence-electron chi connectivity index (χ3n) is 1.69. The second-order valence-corrected chi connectivity index (χ2v) is 4.68. The summed E-state index contributed by atoms with van der Waals surface area (Å²) < 4.78 is 22.3. The maximum absolute atomic E-state index is 11.2. The first kappa shape index (κ1) is 9.68. The maximum atomic E-state index is 11.2. The lowest BCUT2D eigenvalue weighted by Gasteiger charge is -2.02. The standard InChI is InChI=1S/C8H8N2O2S/c1-6-7(3-9)4-10-5-8(6)13(2,11)12/h4-5H,1-2H3. The van der Waals surface area contributed by atoms with E-state index in [1.54, 1.807) is 6.92 Å². The molecule has 68 valence electrons. The van der Waals surface area contributed by atoms with Gasteiger partial charge in [-0.2, -0.15) is 5.26 Å². The summed E-state index contributed by atoms with van der Waals surface area (Å²) in [6.45, 7) is 1.59. The van der Waals surface area contributed by atoms with Crippen molar-refractivity contribution in [1.82, 2.24) is 4.98 Å². The first-order valence-corrected chi connectivity index (χ1v) is 5.40. The molecule has 13 heavy (non-hydrogen) atoms. The minimum Gasteiger partial charge on any atom is -0.262 e. The lowest BCUT2D eigenvalue weighted by molar-refractivity contribution is 0.601. The first-order chi connectivity index (χ1) is 5.96. The molecule has 1 heterocycles. The van der Waals surface area contributed by atoms with E-state index < -0.39 is 9.84 Å². The molecular formula is C8H8N2O2S. The fourth-order valence-corrected chi connectivity index (χ4v) is 1.91. The average molecular weight is 196 g/mol. The van der Waals surface area contributed by atoms with Crippen LogP contribution in [0.25, 0.3) is 0 Å². The first-order valence-electron chi connectivity index (χ1n) is 3.51. The van der Waals surface area contributed by atoms with Gasteiger partial charge in [0.15, 0.2) is 9.84 Å². The highest BCUT2D eigenvalue weighted by molar-refractivity contribution is 7.90. The Bertz CT molecular complexity index is 471. The molecule has 0 fully saturated rings. The minimum absolute atomic E-state index is 0.117. The number of sulfone groups is 1. The molecule has 0 saturated carbocycles. The molecule has 0 aliphatic heterocycles. The number of hydrogen-bond donors (Lipinski definition) is 0. The maximum Gasteiger partial charge on any atom is 0.177 e. The minimum atomic E-state index is -3.28. The Kier molecular flexibility index (Phi) is 2.34. The van der Waals surface area contributed by atoms with Crippen molar-refractivity contribution < 1.29 is 8.42 Å². The topological polar surface area (TPSA) is 70.8 Å². The Balaban J connectivity index is 3.53. The van der Waals surface area contributed by atoms with E-state index in [1.165, 1.54) is 12.4 Å². The lowest BCUT2D eigenvalue weighted by atomic mass is 10.2. The van der Waals surface area contributed by atoms with Gasteiger partial charge in [0.25, 0.3) is 0 Å². The normalized spacial score (nSPS) is 10.8. The fraction of sp³-hybridized carbons (Fsp3) is 0.250. The molecule has 0 saturated heterocycles. The van der Waals surface area contributed by atoms with Crippen LogP contribution < -0.4 is 0 Å². The zero-order valence-corrected chi connectivity index (χ0v) is 8.09. The van der Waals surface area contributed by atoms with E-state index in [4.69, 9.17) is 5.26 Å². The molecule has 0 radical (unpaired) electrons. The molecule has 0 atom stereocenters. The fourth-order valence-electron chi connectivity index (χ4n) is 0.992. The van der Waals surface area contributed by atoms with Gasteiger partial charge in [0.2, 0.25) is 0 Å². The van der Waals surface area contributed by atoms with Gasteiger partial charge < -0.3 is 0 Å². The Labute approximate surface area is 76.8 Å². The Hall–Kier alpha value is -1.41. The quantitative estimate of drug-likeness (QED) is 0.661. The number of nitriles is 1. The summed E-state index contributed by atoms with van der Waals surface area (Å²) in [6.07, 6.45) is 3.70. The highest BCUT2D eigenvalue weighted by atomic mass is 32.2. The van der Waals surface area contributed by atoms with Crippen molar-refractivity contribution in [3.05, 3.63) is 23.5 Å². The summed E-state index contributed by atoms with van der Waals surface area (Å²) in [4.78, 5) is 3.80. The summed E-state index contributed by atoms with van der Waals surface area (Å²) in [5, 5.41) is 8.62. The summed E-state index contributed by atoms with van der Waals surface area (Å²) in [5.74, 6) is 0. The van der Waals surface area contributed by atoms with Gasteiger partial charge in [-0.05, 0) is 12.5 Å². The summed E-state index contributed by atoms with van der Waals surface area (Å²) in [5.41, 5.74) is 0.753. The van der Waals surface area contributed by atoms with Crippen molar-refractivity contribution in [2.45, 2.75) is 11.8 Å². The van der Waals surface area contributed by atoms with E-state index in [0.29, 0.717) is 11.1 Å². The molecule has 1 rings (SSSR count). The van der Waals surface area contributed by atoms with Crippen LogP contribution in [0.3, 0.4) is 0 Å². The average Bonchev–Trinajstić information content (AvgIpc) is 2.02. The molecule has 5 heteroatoms. The van der Waals surface area contributed by atoms with Crippen LogP contribution in [0.2, 0.25) is 0 Å². The number of hydrogen-bond acceptors (Lipinski definition) is 4. The van der Waals surface area contributed by atoms with Crippen LogP contribution in [0.1, 0.15) is 11.1 Å². The van der Waals surface area contributed by atoms with Crippen molar-refractivity contribution >= 4 is 9.84 Å². The molecule has 0 amide bonds. The molecule has 0 N–H and O–H groups in total. The molecule has 4 nitrogen and oxygen atoms in total. The highest BCUT2D eigenvalue weighted by Gasteiger charge is 2.13. The van der Waals surface area contributed by atoms with E-state index in [0.717, 1.165) is 6.26 Å². The zero-order chi connectivity index (χ0) is 10.1. The van der Waals surface area contributed by atoms with Gasteiger partial charge in [0.1, 0.15) is 6.07 Å². The Morgan fingerprint density at radius 2 is 2.08 bits per heavy atom. The van der Waals surface area contributed by atoms with E-state index in [-0.39, 0.29) is 4.90 Å². The van der Waals surface area contributed by atoms with Crippen LogP contribution in [0, 0.1) is 18.3 Å². The molecule has 0 aliphatic rings. The molecule has 1 aromatic rings. The molecule has 1 aromatic heterocycles. The van der Waals surface area contributed by atoms with Crippen LogP contribution in [0.4, 0.5) is 0 Å². The molecule has 0 bridgehead atoms. The third-order valence-corrected chi connectivity index (χ3v) is 2.90. The van der Waals surface area contributed by atoms with Crippen molar-refractivity contribution in [2.24, 2.45) is 0 Å².